The molecule has 168 valence electrons. The van der Waals surface area contributed by atoms with Gasteiger partial charge in [-0.15, -0.1) is 6.58 Å². The van der Waals surface area contributed by atoms with E-state index in [1.54, 1.807) is 22.8 Å². The highest BCUT2D eigenvalue weighted by molar-refractivity contribution is 7.89. The Balaban J connectivity index is 1.58. The predicted octanol–water partition coefficient (Wildman–Crippen LogP) is 3.60. The summed E-state index contributed by atoms with van der Waals surface area (Å²) in [7, 11) is -3.61. The van der Waals surface area contributed by atoms with Crippen molar-refractivity contribution in [1.82, 2.24) is 24.1 Å². The van der Waals surface area contributed by atoms with E-state index >= 15 is 0 Å². The fourth-order valence-corrected chi connectivity index (χ4v) is 6.22. The second-order valence-electron chi connectivity index (χ2n) is 7.28. The van der Waals surface area contributed by atoms with Crippen LogP contribution in [0.25, 0.3) is 10.7 Å². The van der Waals surface area contributed by atoms with Gasteiger partial charge in [-0.25, -0.2) is 13.4 Å². The molecule has 1 aliphatic heterocycles. The first kappa shape index (κ1) is 22.5. The van der Waals surface area contributed by atoms with Gasteiger partial charge in [-0.2, -0.15) is 9.40 Å². The third kappa shape index (κ3) is 4.31. The maximum absolute atomic E-state index is 12.8. The van der Waals surface area contributed by atoms with Crippen LogP contribution in [0.2, 0.25) is 0 Å². The summed E-state index contributed by atoms with van der Waals surface area (Å²) in [5, 5.41) is 10.2. The molecule has 3 heterocycles. The lowest BCUT2D eigenvalue weighted by molar-refractivity contribution is 0.102. The van der Waals surface area contributed by atoms with Gasteiger partial charge in [-0.3, -0.25) is 19.8 Å². The number of benzene rings is 1. The molecule has 0 radical (unpaired) electrons. The van der Waals surface area contributed by atoms with Gasteiger partial charge in [0.2, 0.25) is 10.0 Å². The molecule has 1 fully saturated rings. The van der Waals surface area contributed by atoms with Crippen LogP contribution in [0.15, 0.2) is 41.8 Å². The molecule has 3 aromatic rings. The summed E-state index contributed by atoms with van der Waals surface area (Å²) in [5.74, 6) is 0.179. The molecule has 9 nitrogen and oxygen atoms in total. The Hall–Kier alpha value is -2.67. The number of hydrogen-bond acceptors (Lipinski definition) is 7. The Kier molecular flexibility index (Phi) is 6.38. The summed E-state index contributed by atoms with van der Waals surface area (Å²) < 4.78 is 29.3. The molecule has 1 saturated heterocycles. The lowest BCUT2D eigenvalue weighted by atomic mass is 10.2. The largest absolute Gasteiger partial charge is 0.298 e. The molecule has 12 heteroatoms. The number of nitrogens with zero attached hydrogens (tertiary/aromatic N) is 4. The third-order valence-electron chi connectivity index (χ3n) is 5.09. The number of hydrogen-bond donors (Lipinski definition) is 2. The number of aromatic nitrogens is 4. The van der Waals surface area contributed by atoms with Crippen molar-refractivity contribution in [2.45, 2.75) is 31.2 Å². The van der Waals surface area contributed by atoms with E-state index in [0.717, 1.165) is 17.7 Å². The highest BCUT2D eigenvalue weighted by Gasteiger charge is 2.27. The molecule has 0 atom stereocenters. The van der Waals surface area contributed by atoms with Gasteiger partial charge in [0.25, 0.3) is 5.91 Å². The standard InChI is InChI=1S/C20H22N6O3S3/c1-3-9-26-17(23-24-20(26)30)16-13(2)21-19(31-16)22-18(27)14-7-6-8-15(12-14)32(28,29)25-10-4-5-11-25/h3,6-8,12H,1,4-5,9-11H2,2H3,(H,24,30)(H,21,22,27). The zero-order valence-electron chi connectivity index (χ0n) is 17.4. The van der Waals surface area contributed by atoms with Crippen LogP contribution in [-0.4, -0.2) is 51.5 Å². The van der Waals surface area contributed by atoms with Crippen molar-refractivity contribution >= 4 is 44.6 Å². The normalized spacial score (nSPS) is 14.5. The molecule has 0 spiro atoms. The van der Waals surface area contributed by atoms with Gasteiger partial charge in [-0.05, 0) is 50.2 Å². The molecule has 0 saturated carbocycles. The monoisotopic (exact) mass is 490 g/mol. The van der Waals surface area contributed by atoms with E-state index in [4.69, 9.17) is 12.2 Å². The quantitative estimate of drug-likeness (QED) is 0.387. The van der Waals surface area contributed by atoms with Crippen molar-refractivity contribution in [1.29, 1.82) is 0 Å². The molecule has 0 bridgehead atoms. The minimum atomic E-state index is -3.61. The van der Waals surface area contributed by atoms with E-state index in [-0.39, 0.29) is 10.5 Å². The van der Waals surface area contributed by atoms with Crippen molar-refractivity contribution in [3.63, 3.8) is 0 Å². The average molecular weight is 491 g/mol. The molecular weight excluding hydrogens is 468 g/mol. The fourth-order valence-electron chi connectivity index (χ4n) is 3.49. The number of aryl methyl sites for hydroxylation is 1. The van der Waals surface area contributed by atoms with Crippen molar-refractivity contribution in [3.05, 3.63) is 52.9 Å². The SMILES string of the molecule is C=CCn1c(-c2sc(NC(=O)c3cccc(S(=O)(=O)N4CCCC4)c3)nc2C)n[nH]c1=S. The number of sulfonamides is 1. The number of amides is 1. The number of H-pyrrole nitrogens is 1. The Morgan fingerprint density at radius 2 is 2.12 bits per heavy atom. The van der Waals surface area contributed by atoms with Gasteiger partial charge < -0.3 is 0 Å². The van der Waals surface area contributed by atoms with Crippen molar-refractivity contribution in [3.8, 4) is 10.7 Å². The van der Waals surface area contributed by atoms with Crippen molar-refractivity contribution in [2.24, 2.45) is 0 Å². The number of rotatable bonds is 7. The molecule has 4 rings (SSSR count). The smallest absolute Gasteiger partial charge is 0.257 e. The molecule has 2 aromatic heterocycles. The first-order valence-electron chi connectivity index (χ1n) is 9.96. The second-order valence-corrected chi connectivity index (χ2v) is 10.6. The lowest BCUT2D eigenvalue weighted by Crippen LogP contribution is -2.28. The van der Waals surface area contributed by atoms with Crippen LogP contribution in [0, 0.1) is 11.7 Å². The van der Waals surface area contributed by atoms with Crippen LogP contribution in [0.3, 0.4) is 0 Å². The van der Waals surface area contributed by atoms with E-state index < -0.39 is 15.9 Å². The molecule has 1 amide bonds. The Labute approximate surface area is 194 Å². The number of nitrogens with one attached hydrogen (secondary N) is 2. The maximum atomic E-state index is 12.8. The molecule has 32 heavy (non-hydrogen) atoms. The summed E-state index contributed by atoms with van der Waals surface area (Å²) >= 11 is 6.53. The predicted molar refractivity (Wildman–Crippen MR) is 126 cm³/mol. The van der Waals surface area contributed by atoms with Gasteiger partial charge >= 0.3 is 0 Å². The summed E-state index contributed by atoms with van der Waals surface area (Å²) in [6.45, 7) is 7.06. The molecule has 2 N–H and O–H groups in total. The van der Waals surface area contributed by atoms with Gasteiger partial charge in [-0.1, -0.05) is 23.5 Å². The van der Waals surface area contributed by atoms with E-state index in [2.05, 4.69) is 27.1 Å². The Bertz CT molecular complexity index is 1330. The van der Waals surface area contributed by atoms with Crippen LogP contribution in [-0.2, 0) is 16.6 Å². The van der Waals surface area contributed by atoms with Crippen LogP contribution in [0.5, 0.6) is 0 Å². The Morgan fingerprint density at radius 3 is 2.84 bits per heavy atom. The number of thiazole rings is 1. The summed E-state index contributed by atoms with van der Waals surface area (Å²) in [5.41, 5.74) is 0.934. The van der Waals surface area contributed by atoms with Crippen LogP contribution in [0.1, 0.15) is 28.9 Å². The highest BCUT2D eigenvalue weighted by Crippen LogP contribution is 2.32. The van der Waals surface area contributed by atoms with Crippen molar-refractivity contribution in [2.75, 3.05) is 18.4 Å². The molecule has 0 unspecified atom stereocenters. The van der Waals surface area contributed by atoms with E-state index in [1.165, 1.54) is 27.8 Å². The van der Waals surface area contributed by atoms with E-state index in [0.29, 0.717) is 41.1 Å². The average Bonchev–Trinajstić information content (AvgIpc) is 3.50. The summed E-state index contributed by atoms with van der Waals surface area (Å²) in [6, 6.07) is 6.07. The second kappa shape index (κ2) is 9.06. The van der Waals surface area contributed by atoms with Crippen LogP contribution in [0.4, 0.5) is 5.13 Å². The zero-order valence-corrected chi connectivity index (χ0v) is 19.8. The summed E-state index contributed by atoms with van der Waals surface area (Å²) in [4.78, 5) is 18.1. The number of carbonyl (C=O) groups excluding carboxylic acids is 1. The Morgan fingerprint density at radius 1 is 1.38 bits per heavy atom. The van der Waals surface area contributed by atoms with Crippen LogP contribution >= 0.6 is 23.6 Å². The molecular formula is C20H22N6O3S3. The number of allylic oxidation sites excluding steroid dienone is 1. The number of anilines is 1. The number of carbonyl (C=O) groups is 1. The van der Waals surface area contributed by atoms with Gasteiger partial charge in [0.1, 0.15) is 0 Å². The fraction of sp³-hybridized carbons (Fsp3) is 0.300. The maximum Gasteiger partial charge on any atom is 0.257 e. The molecule has 0 aliphatic carbocycles. The van der Waals surface area contributed by atoms with Gasteiger partial charge in [0, 0.05) is 25.2 Å². The van der Waals surface area contributed by atoms with Gasteiger partial charge in [0.15, 0.2) is 15.7 Å². The summed E-state index contributed by atoms with van der Waals surface area (Å²) in [6.07, 6.45) is 3.42. The van der Waals surface area contributed by atoms with Gasteiger partial charge in [0.05, 0.1) is 15.5 Å². The molecule has 1 aliphatic rings. The van der Waals surface area contributed by atoms with Crippen molar-refractivity contribution < 1.29 is 13.2 Å². The van der Waals surface area contributed by atoms with E-state index in [9.17, 15) is 13.2 Å². The van der Waals surface area contributed by atoms with Crippen LogP contribution < -0.4 is 5.32 Å². The zero-order chi connectivity index (χ0) is 22.9. The lowest BCUT2D eigenvalue weighted by Gasteiger charge is -2.15. The number of aromatic amines is 1. The minimum absolute atomic E-state index is 0.114. The minimum Gasteiger partial charge on any atom is -0.298 e. The topological polar surface area (TPSA) is 113 Å². The third-order valence-corrected chi connectivity index (χ3v) is 8.36. The highest BCUT2D eigenvalue weighted by atomic mass is 32.2. The molecule has 1 aromatic carbocycles. The van der Waals surface area contributed by atoms with E-state index in [1.807, 2.05) is 6.92 Å². The first-order valence-corrected chi connectivity index (χ1v) is 12.6. The first-order chi connectivity index (χ1) is 15.3.